The third-order valence-corrected chi connectivity index (χ3v) is 12.6. The van der Waals surface area contributed by atoms with Crippen LogP contribution in [0.5, 0.6) is 0 Å². The summed E-state index contributed by atoms with van der Waals surface area (Å²) in [5, 5.41) is 14.5. The van der Waals surface area contributed by atoms with E-state index in [-0.39, 0.29) is 5.56 Å². The van der Waals surface area contributed by atoms with Gasteiger partial charge in [-0.15, -0.1) is 0 Å². The Balaban J connectivity index is 1.22. The Morgan fingerprint density at radius 2 is 0.902 bits per heavy atom. The van der Waals surface area contributed by atoms with Crippen molar-refractivity contribution in [3.63, 3.8) is 0 Å². The van der Waals surface area contributed by atoms with Crippen LogP contribution in [0.1, 0.15) is 13.8 Å². The normalized spacial score (nSPS) is 12.3. The molecule has 3 aromatic heterocycles. The molecule has 4 nitrogen and oxygen atoms in total. The van der Waals surface area contributed by atoms with E-state index < -0.39 is 0 Å². The van der Waals surface area contributed by atoms with Gasteiger partial charge in [-0.1, -0.05) is 127 Å². The lowest BCUT2D eigenvalue weighted by molar-refractivity contribution is 1.06. The second-order valence-electron chi connectivity index (χ2n) is 16.3. The van der Waals surface area contributed by atoms with Crippen LogP contribution in [0.25, 0.3) is 115 Å². The van der Waals surface area contributed by atoms with Gasteiger partial charge in [-0.2, -0.15) is 0 Å². The molecule has 0 aliphatic heterocycles. The molecule has 0 saturated heterocycles. The molecule has 288 valence electrons. The Morgan fingerprint density at radius 3 is 1.57 bits per heavy atom. The summed E-state index contributed by atoms with van der Waals surface area (Å²) < 4.78 is 6.52. The first-order valence-corrected chi connectivity index (χ1v) is 20.8. The van der Waals surface area contributed by atoms with Crippen molar-refractivity contribution < 1.29 is 0 Å². The molecule has 0 N–H and O–H groups in total. The summed E-state index contributed by atoms with van der Waals surface area (Å²) in [5.41, 5.74) is 9.01. The molecular formula is C57H39N3O. The first-order valence-electron chi connectivity index (χ1n) is 20.8. The molecule has 3 heterocycles. The van der Waals surface area contributed by atoms with Gasteiger partial charge in [0.15, 0.2) is 0 Å². The highest BCUT2D eigenvalue weighted by Crippen LogP contribution is 2.42. The number of para-hydroxylation sites is 3. The molecule has 0 aliphatic rings. The van der Waals surface area contributed by atoms with Crippen molar-refractivity contribution in [1.82, 2.24) is 13.7 Å². The van der Waals surface area contributed by atoms with Crippen LogP contribution in [0.3, 0.4) is 0 Å². The van der Waals surface area contributed by atoms with Gasteiger partial charge in [-0.05, 0) is 124 Å². The van der Waals surface area contributed by atoms with Crippen LogP contribution < -0.4 is 5.56 Å². The van der Waals surface area contributed by atoms with Gasteiger partial charge >= 0.3 is 0 Å². The molecule has 0 bridgehead atoms. The summed E-state index contributed by atoms with van der Waals surface area (Å²) in [6, 6.07) is 60.4. The first-order chi connectivity index (χ1) is 30.0. The lowest BCUT2D eigenvalue weighted by Crippen LogP contribution is -2.19. The molecule has 0 amide bonds. The summed E-state index contributed by atoms with van der Waals surface area (Å²) in [5.74, 6) is 0. The topological polar surface area (TPSA) is 31.9 Å². The molecule has 0 radical (unpaired) electrons. The Labute approximate surface area is 351 Å². The van der Waals surface area contributed by atoms with E-state index in [1.165, 1.54) is 37.9 Å². The molecule has 0 aliphatic carbocycles. The highest BCUT2D eigenvalue weighted by Gasteiger charge is 2.22. The minimum Gasteiger partial charge on any atom is -0.309 e. The number of allylic oxidation sites excluding steroid dienone is 5. The second-order valence-corrected chi connectivity index (χ2v) is 16.3. The third-order valence-electron chi connectivity index (χ3n) is 12.6. The van der Waals surface area contributed by atoms with Crippen LogP contribution in [0.15, 0.2) is 205 Å². The lowest BCUT2D eigenvalue weighted by atomic mass is 9.94. The van der Waals surface area contributed by atoms with Crippen molar-refractivity contribution in [2.75, 3.05) is 0 Å². The minimum absolute atomic E-state index is 0.0607. The molecule has 0 spiro atoms. The third kappa shape index (κ3) is 5.09. The predicted molar refractivity (Wildman–Crippen MR) is 261 cm³/mol. The number of benzene rings is 9. The Morgan fingerprint density at radius 1 is 0.393 bits per heavy atom. The molecule has 12 aromatic rings. The van der Waals surface area contributed by atoms with Crippen LogP contribution in [-0.4, -0.2) is 13.7 Å². The van der Waals surface area contributed by atoms with Crippen LogP contribution in [0.4, 0.5) is 0 Å². The van der Waals surface area contributed by atoms with Crippen molar-refractivity contribution in [3.8, 4) is 11.4 Å². The molecule has 12 rings (SSSR count). The van der Waals surface area contributed by atoms with E-state index in [0.29, 0.717) is 5.39 Å². The highest BCUT2D eigenvalue weighted by molar-refractivity contribution is 6.26. The van der Waals surface area contributed by atoms with Crippen LogP contribution >= 0.6 is 0 Å². The number of fused-ring (bicyclic) bond motifs is 15. The standard InChI is InChI=1S/C57H39N3O/c1-4-36(27-26-35(2)3)58-52-24-14-12-23-45(52)49-32-50-47-31-48-44-22-13-15-25-53(44)59(54(48)33-51(47)57(61)60(56(50)34-55(49)58)37-16-6-5-7-17-37)38-28-29-43-41-20-9-8-18-39(41)40-19-10-11-21-42(40)46(43)30-38/h4-34H,1H2,2-3H3/b36-27+. The number of hydrogen-bond donors (Lipinski definition) is 0. The Hall–Kier alpha value is -7.95. The summed E-state index contributed by atoms with van der Waals surface area (Å²) in [4.78, 5) is 15.4. The van der Waals surface area contributed by atoms with Gasteiger partial charge in [-0.25, -0.2) is 0 Å². The maximum atomic E-state index is 15.4. The number of rotatable bonds is 5. The smallest absolute Gasteiger partial charge is 0.263 e. The van der Waals surface area contributed by atoms with Gasteiger partial charge in [0.25, 0.3) is 5.56 Å². The monoisotopic (exact) mass is 781 g/mol. The van der Waals surface area contributed by atoms with E-state index in [0.717, 1.165) is 77.0 Å². The van der Waals surface area contributed by atoms with Crippen molar-refractivity contribution >= 4 is 103 Å². The zero-order chi connectivity index (χ0) is 40.9. The summed E-state index contributed by atoms with van der Waals surface area (Å²) in [7, 11) is 0. The van der Waals surface area contributed by atoms with E-state index in [4.69, 9.17) is 0 Å². The average Bonchev–Trinajstić information content (AvgIpc) is 3.80. The highest BCUT2D eigenvalue weighted by atomic mass is 16.1. The van der Waals surface area contributed by atoms with E-state index in [2.05, 4.69) is 181 Å². The van der Waals surface area contributed by atoms with E-state index in [9.17, 15) is 0 Å². The molecule has 0 atom stereocenters. The molecule has 0 fully saturated rings. The molecular weight excluding hydrogens is 743 g/mol. The molecule has 0 saturated carbocycles. The predicted octanol–water partition coefficient (Wildman–Crippen LogP) is 14.8. The molecule has 0 unspecified atom stereocenters. The zero-order valence-corrected chi connectivity index (χ0v) is 33.9. The number of pyridine rings is 1. The molecule has 9 aromatic carbocycles. The van der Waals surface area contributed by atoms with Crippen molar-refractivity contribution in [2.45, 2.75) is 13.8 Å². The SMILES string of the molecule is C=C/C(=C\C=C(C)C)n1c2ccccc2c2cc3c4cc5c6ccccc6n(-c6ccc7c8ccccc8c8ccccc8c7c6)c5cc4c(=O)n(-c4ccccc4)c3cc21. The summed E-state index contributed by atoms with van der Waals surface area (Å²) >= 11 is 0. The fourth-order valence-corrected chi connectivity index (χ4v) is 9.96. The van der Waals surface area contributed by atoms with E-state index in [1.807, 2.05) is 41.0 Å². The van der Waals surface area contributed by atoms with Crippen LogP contribution in [0.2, 0.25) is 0 Å². The van der Waals surface area contributed by atoms with E-state index in [1.54, 1.807) is 0 Å². The summed E-state index contributed by atoms with van der Waals surface area (Å²) in [6.07, 6.45) is 6.15. The van der Waals surface area contributed by atoms with Gasteiger partial charge in [0.05, 0.1) is 33.0 Å². The van der Waals surface area contributed by atoms with Gasteiger partial charge in [0.2, 0.25) is 0 Å². The van der Waals surface area contributed by atoms with Crippen molar-refractivity contribution in [3.05, 3.63) is 211 Å². The number of nitrogens with zero attached hydrogens (tertiary/aromatic N) is 3. The van der Waals surface area contributed by atoms with Gasteiger partial charge in [0.1, 0.15) is 0 Å². The quantitative estimate of drug-likeness (QED) is 0.126. The fraction of sp³-hybridized carbons (Fsp3) is 0.0351. The van der Waals surface area contributed by atoms with Crippen LogP contribution in [-0.2, 0) is 0 Å². The molecule has 4 heteroatoms. The average molecular weight is 782 g/mol. The second kappa shape index (κ2) is 13.3. The lowest BCUT2D eigenvalue weighted by Gasteiger charge is -2.16. The van der Waals surface area contributed by atoms with Gasteiger partial charge in [-0.3, -0.25) is 9.36 Å². The van der Waals surface area contributed by atoms with Crippen molar-refractivity contribution in [2.24, 2.45) is 0 Å². The molecule has 61 heavy (non-hydrogen) atoms. The Bertz CT molecular complexity index is 3950. The maximum Gasteiger partial charge on any atom is 0.263 e. The zero-order valence-electron chi connectivity index (χ0n) is 33.9. The Kier molecular flexibility index (Phi) is 7.63. The largest absolute Gasteiger partial charge is 0.309 e. The van der Waals surface area contributed by atoms with Crippen LogP contribution in [0, 0.1) is 0 Å². The first kappa shape index (κ1) is 35.0. The van der Waals surface area contributed by atoms with Crippen molar-refractivity contribution in [1.29, 1.82) is 0 Å². The number of hydrogen-bond acceptors (Lipinski definition) is 1. The fourth-order valence-electron chi connectivity index (χ4n) is 9.96. The minimum atomic E-state index is -0.0607. The maximum absolute atomic E-state index is 15.4. The van der Waals surface area contributed by atoms with Gasteiger partial charge in [0, 0.05) is 44.0 Å². The van der Waals surface area contributed by atoms with Gasteiger partial charge < -0.3 is 9.13 Å². The van der Waals surface area contributed by atoms with E-state index >= 15 is 4.79 Å². The number of aromatic nitrogens is 3. The summed E-state index contributed by atoms with van der Waals surface area (Å²) in [6.45, 7) is 8.43.